The molecular weight excluding hydrogens is 279 g/mol. The number of halogens is 1. The largest absolute Gasteiger partial charge is 0.396 e. The Morgan fingerprint density at radius 3 is 2.20 bits per heavy atom. The molecule has 0 spiro atoms. The Labute approximate surface area is 120 Å². The average molecular weight is 302 g/mol. The van der Waals surface area contributed by atoms with Gasteiger partial charge >= 0.3 is 0 Å². The highest BCUT2D eigenvalue weighted by Gasteiger charge is 2.31. The molecule has 1 atom stereocenters. The number of aryl methyl sites for hydroxylation is 1. The van der Waals surface area contributed by atoms with Crippen LogP contribution in [-0.2, 0) is 10.0 Å². The molecule has 0 aliphatic carbocycles. The van der Waals surface area contributed by atoms with Gasteiger partial charge in [0.25, 0.3) is 0 Å². The lowest BCUT2D eigenvalue weighted by Crippen LogP contribution is -2.38. The van der Waals surface area contributed by atoms with E-state index >= 15 is 0 Å². The normalized spacial score (nSPS) is 14.1. The topological polar surface area (TPSA) is 63.4 Å². The van der Waals surface area contributed by atoms with Gasteiger partial charge in [0, 0.05) is 13.1 Å². The Morgan fingerprint density at radius 1 is 1.25 bits per heavy atom. The Hall–Kier alpha value is -1.14. The third-order valence-corrected chi connectivity index (χ3v) is 6.11. The van der Waals surface area contributed by atoms with Gasteiger partial charge in [-0.3, -0.25) is 0 Å². The van der Waals surface area contributed by atoms with Crippen molar-refractivity contribution in [2.75, 3.05) is 12.8 Å². The summed E-state index contributed by atoms with van der Waals surface area (Å²) in [6.45, 7) is 8.87. The van der Waals surface area contributed by atoms with E-state index in [2.05, 4.69) is 0 Å². The predicted octanol–water partition coefficient (Wildman–Crippen LogP) is 2.69. The first kappa shape index (κ1) is 16.9. The van der Waals surface area contributed by atoms with Crippen LogP contribution < -0.4 is 5.73 Å². The molecule has 20 heavy (non-hydrogen) atoms. The lowest BCUT2D eigenvalue weighted by molar-refractivity contribution is 0.315. The lowest BCUT2D eigenvalue weighted by Gasteiger charge is -2.28. The number of nitrogens with zero attached hydrogens (tertiary/aromatic N) is 1. The first-order chi connectivity index (χ1) is 9.01. The van der Waals surface area contributed by atoms with Gasteiger partial charge in [-0.05, 0) is 43.9 Å². The van der Waals surface area contributed by atoms with Crippen molar-refractivity contribution in [2.45, 2.75) is 45.6 Å². The fraction of sp³-hybridized carbons (Fsp3) is 0.571. The number of nitrogens with two attached hydrogens (primary N) is 1. The number of anilines is 1. The van der Waals surface area contributed by atoms with Crippen molar-refractivity contribution in [3.63, 3.8) is 0 Å². The summed E-state index contributed by atoms with van der Waals surface area (Å²) in [5.41, 5.74) is 6.16. The molecule has 1 rings (SSSR count). The standard InChI is InChI=1S/C14H23FN2O2S/c1-8(2)11(5)17(6)20(18,19)14-9(3)7-12(15)13(16)10(14)4/h7-8,11H,16H2,1-6H3. The molecule has 1 unspecified atom stereocenters. The van der Waals surface area contributed by atoms with E-state index in [0.717, 1.165) is 0 Å². The molecule has 1 aromatic rings. The zero-order valence-electron chi connectivity index (χ0n) is 12.9. The maximum Gasteiger partial charge on any atom is 0.243 e. The molecule has 0 aliphatic heterocycles. The Bertz CT molecular complexity index is 612. The minimum atomic E-state index is -3.70. The zero-order valence-corrected chi connectivity index (χ0v) is 13.7. The highest BCUT2D eigenvalue weighted by molar-refractivity contribution is 7.89. The van der Waals surface area contributed by atoms with Crippen LogP contribution >= 0.6 is 0 Å². The number of rotatable bonds is 4. The van der Waals surface area contributed by atoms with Crippen LogP contribution in [0.3, 0.4) is 0 Å². The van der Waals surface area contributed by atoms with Crippen LogP contribution in [0.25, 0.3) is 0 Å². The number of hydrogen-bond donors (Lipinski definition) is 1. The first-order valence-electron chi connectivity index (χ1n) is 6.55. The summed E-state index contributed by atoms with van der Waals surface area (Å²) < 4.78 is 40.3. The molecule has 2 N–H and O–H groups in total. The van der Waals surface area contributed by atoms with E-state index in [0.29, 0.717) is 5.56 Å². The third-order valence-electron chi connectivity index (χ3n) is 3.88. The quantitative estimate of drug-likeness (QED) is 0.870. The number of hydrogen-bond acceptors (Lipinski definition) is 3. The second-order valence-electron chi connectivity index (χ2n) is 5.55. The molecule has 114 valence electrons. The summed E-state index contributed by atoms with van der Waals surface area (Å²) in [7, 11) is -2.16. The fourth-order valence-corrected chi connectivity index (χ4v) is 4.04. The molecule has 6 heteroatoms. The molecular formula is C14H23FN2O2S. The second-order valence-corrected chi connectivity index (χ2v) is 7.48. The summed E-state index contributed by atoms with van der Waals surface area (Å²) >= 11 is 0. The van der Waals surface area contributed by atoms with Crippen LogP contribution in [0, 0.1) is 25.6 Å². The van der Waals surface area contributed by atoms with Gasteiger partial charge < -0.3 is 5.73 Å². The molecule has 4 nitrogen and oxygen atoms in total. The van der Waals surface area contributed by atoms with Crippen LogP contribution in [0.1, 0.15) is 31.9 Å². The van der Waals surface area contributed by atoms with Crippen molar-refractivity contribution in [1.29, 1.82) is 0 Å². The van der Waals surface area contributed by atoms with E-state index < -0.39 is 15.8 Å². The van der Waals surface area contributed by atoms with Gasteiger partial charge in [0.1, 0.15) is 5.82 Å². The van der Waals surface area contributed by atoms with Crippen LogP contribution in [0.5, 0.6) is 0 Å². The van der Waals surface area contributed by atoms with Gasteiger partial charge in [0.05, 0.1) is 10.6 Å². The van der Waals surface area contributed by atoms with E-state index in [9.17, 15) is 12.8 Å². The average Bonchev–Trinajstić information content (AvgIpc) is 2.33. The molecule has 0 aliphatic rings. The van der Waals surface area contributed by atoms with Crippen LogP contribution in [-0.4, -0.2) is 25.8 Å². The zero-order chi connectivity index (χ0) is 15.8. The molecule has 0 radical (unpaired) electrons. The first-order valence-corrected chi connectivity index (χ1v) is 7.99. The summed E-state index contributed by atoms with van der Waals surface area (Å²) in [5, 5.41) is 0. The van der Waals surface area contributed by atoms with Gasteiger partial charge in [-0.1, -0.05) is 13.8 Å². The van der Waals surface area contributed by atoms with Crippen molar-refractivity contribution in [3.05, 3.63) is 23.0 Å². The Balaban J connectivity index is 3.48. The Morgan fingerprint density at radius 2 is 1.75 bits per heavy atom. The van der Waals surface area contributed by atoms with E-state index in [1.807, 2.05) is 20.8 Å². The SMILES string of the molecule is Cc1cc(F)c(N)c(C)c1S(=O)(=O)N(C)C(C)C(C)C. The smallest absolute Gasteiger partial charge is 0.243 e. The monoisotopic (exact) mass is 302 g/mol. The number of nitrogen functional groups attached to an aromatic ring is 1. The predicted molar refractivity (Wildman–Crippen MR) is 79.5 cm³/mol. The fourth-order valence-electron chi connectivity index (χ4n) is 2.11. The van der Waals surface area contributed by atoms with Gasteiger partial charge in [0.2, 0.25) is 10.0 Å². The van der Waals surface area contributed by atoms with E-state index in [1.54, 1.807) is 14.0 Å². The van der Waals surface area contributed by atoms with Crippen molar-refractivity contribution >= 4 is 15.7 Å². The maximum absolute atomic E-state index is 13.6. The third kappa shape index (κ3) is 2.81. The summed E-state index contributed by atoms with van der Waals surface area (Å²) in [6, 6.07) is 1.01. The maximum atomic E-state index is 13.6. The Kier molecular flexibility index (Phi) is 4.82. The highest BCUT2D eigenvalue weighted by atomic mass is 32.2. The van der Waals surface area contributed by atoms with Crippen LogP contribution in [0.15, 0.2) is 11.0 Å². The van der Waals surface area contributed by atoms with Gasteiger partial charge in [-0.25, -0.2) is 12.8 Å². The molecule has 0 bridgehead atoms. The van der Waals surface area contributed by atoms with Crippen molar-refractivity contribution in [2.24, 2.45) is 5.92 Å². The van der Waals surface area contributed by atoms with Gasteiger partial charge in [-0.15, -0.1) is 0 Å². The number of benzene rings is 1. The van der Waals surface area contributed by atoms with Crippen LogP contribution in [0.4, 0.5) is 10.1 Å². The van der Waals surface area contributed by atoms with E-state index in [4.69, 9.17) is 5.73 Å². The molecule has 1 aromatic carbocycles. The molecule has 0 amide bonds. The summed E-state index contributed by atoms with van der Waals surface area (Å²) in [4.78, 5) is 0.103. The number of sulfonamides is 1. The summed E-state index contributed by atoms with van der Waals surface area (Å²) in [6.07, 6.45) is 0. The van der Waals surface area contributed by atoms with Crippen LogP contribution in [0.2, 0.25) is 0 Å². The summed E-state index contributed by atoms with van der Waals surface area (Å²) in [5.74, 6) is -0.410. The lowest BCUT2D eigenvalue weighted by atomic mass is 10.1. The highest BCUT2D eigenvalue weighted by Crippen LogP contribution is 2.30. The molecule has 0 saturated carbocycles. The van der Waals surface area contributed by atoms with Crippen molar-refractivity contribution < 1.29 is 12.8 Å². The minimum Gasteiger partial charge on any atom is -0.396 e. The minimum absolute atomic E-state index is 0.103. The molecule has 0 fully saturated rings. The van der Waals surface area contributed by atoms with Gasteiger partial charge in [-0.2, -0.15) is 4.31 Å². The van der Waals surface area contributed by atoms with Gasteiger partial charge in [0.15, 0.2) is 0 Å². The molecule has 0 heterocycles. The van der Waals surface area contributed by atoms with Crippen molar-refractivity contribution in [3.8, 4) is 0 Å². The van der Waals surface area contributed by atoms with E-state index in [1.165, 1.54) is 17.3 Å². The van der Waals surface area contributed by atoms with Crippen molar-refractivity contribution in [1.82, 2.24) is 4.31 Å². The molecule has 0 aromatic heterocycles. The molecule has 0 saturated heterocycles. The van der Waals surface area contributed by atoms with E-state index in [-0.39, 0.29) is 28.1 Å². The second kappa shape index (κ2) is 5.69.